The molecule has 156 valence electrons. The van der Waals surface area contributed by atoms with Gasteiger partial charge in [-0.3, -0.25) is 4.79 Å². The van der Waals surface area contributed by atoms with Gasteiger partial charge < -0.3 is 15.0 Å². The van der Waals surface area contributed by atoms with Gasteiger partial charge in [0.25, 0.3) is 5.91 Å². The Morgan fingerprint density at radius 2 is 1.86 bits per heavy atom. The smallest absolute Gasteiger partial charge is 0.407 e. The van der Waals surface area contributed by atoms with Crippen molar-refractivity contribution in [3.63, 3.8) is 0 Å². The van der Waals surface area contributed by atoms with Gasteiger partial charge >= 0.3 is 6.09 Å². The average Bonchev–Trinajstić information content (AvgIpc) is 2.58. The molecule has 0 bridgehead atoms. The molecule has 0 saturated carbocycles. The third kappa shape index (κ3) is 6.20. The van der Waals surface area contributed by atoms with Gasteiger partial charge in [-0.15, -0.1) is 0 Å². The number of ether oxygens (including phenoxy) is 1. The quantitative estimate of drug-likeness (QED) is 0.786. The minimum absolute atomic E-state index is 0.0714. The van der Waals surface area contributed by atoms with Crippen LogP contribution in [0.25, 0.3) is 0 Å². The van der Waals surface area contributed by atoms with Crippen LogP contribution in [-0.4, -0.2) is 50.6 Å². The number of piperidine rings is 1. The Hall–Kier alpha value is -2.13. The van der Waals surface area contributed by atoms with Crippen LogP contribution in [0.4, 0.5) is 4.79 Å². The lowest BCUT2D eigenvalue weighted by molar-refractivity contribution is 0.0500. The van der Waals surface area contributed by atoms with Crippen molar-refractivity contribution in [2.45, 2.75) is 51.0 Å². The number of amides is 2. The Kier molecular flexibility index (Phi) is 6.71. The third-order valence-corrected chi connectivity index (χ3v) is 5.51. The van der Waals surface area contributed by atoms with E-state index in [1.807, 2.05) is 20.8 Å². The number of benzene rings is 1. The first-order valence-electron chi connectivity index (χ1n) is 9.26. The van der Waals surface area contributed by atoms with Crippen molar-refractivity contribution in [1.82, 2.24) is 10.2 Å². The summed E-state index contributed by atoms with van der Waals surface area (Å²) >= 11 is 0. The van der Waals surface area contributed by atoms with Gasteiger partial charge in [0.2, 0.25) is 10.0 Å². The topological polar surface area (TPSA) is 119 Å². The molecule has 1 saturated heterocycles. The Bertz CT molecular complexity index is 838. The molecule has 1 heterocycles. The summed E-state index contributed by atoms with van der Waals surface area (Å²) in [7, 11) is -3.87. The van der Waals surface area contributed by atoms with Gasteiger partial charge in [-0.1, -0.05) is 6.07 Å². The molecule has 2 amide bonds. The number of aryl methyl sites for hydroxylation is 1. The zero-order chi connectivity index (χ0) is 21.1. The van der Waals surface area contributed by atoms with Gasteiger partial charge in [-0.05, 0) is 64.2 Å². The van der Waals surface area contributed by atoms with E-state index in [2.05, 4.69) is 5.32 Å². The summed E-state index contributed by atoms with van der Waals surface area (Å²) in [6.45, 7) is 8.77. The summed E-state index contributed by atoms with van der Waals surface area (Å²) in [5.74, 6) is 0.0509. The fourth-order valence-corrected chi connectivity index (χ4v) is 3.60. The number of nitrogens with two attached hydrogens (primary N) is 1. The molecule has 9 heteroatoms. The molecule has 0 atom stereocenters. The molecule has 0 aliphatic carbocycles. The van der Waals surface area contributed by atoms with Gasteiger partial charge in [0.1, 0.15) is 5.60 Å². The molecule has 0 spiro atoms. The molecule has 1 aromatic carbocycles. The maximum absolute atomic E-state index is 12.8. The first-order valence-corrected chi connectivity index (χ1v) is 10.8. The zero-order valence-corrected chi connectivity index (χ0v) is 17.6. The number of hydrogen-bond donors (Lipinski definition) is 2. The summed E-state index contributed by atoms with van der Waals surface area (Å²) in [5, 5.41) is 7.94. The minimum Gasteiger partial charge on any atom is -0.444 e. The lowest BCUT2D eigenvalue weighted by atomic mass is 9.96. The molecule has 3 N–H and O–H groups in total. The molecule has 28 heavy (non-hydrogen) atoms. The summed E-state index contributed by atoms with van der Waals surface area (Å²) in [6, 6.07) is 4.32. The van der Waals surface area contributed by atoms with E-state index in [-0.39, 0.29) is 16.7 Å². The number of sulfonamides is 1. The molecule has 0 unspecified atom stereocenters. The molecular formula is C19H29N3O5S. The largest absolute Gasteiger partial charge is 0.444 e. The zero-order valence-electron chi connectivity index (χ0n) is 16.8. The fourth-order valence-electron chi connectivity index (χ4n) is 3.06. The van der Waals surface area contributed by atoms with Crippen molar-refractivity contribution < 1.29 is 22.7 Å². The first-order chi connectivity index (χ1) is 12.9. The number of carbonyl (C=O) groups excluding carboxylic acids is 2. The number of hydrogen-bond acceptors (Lipinski definition) is 5. The van der Waals surface area contributed by atoms with Crippen LogP contribution >= 0.6 is 0 Å². The van der Waals surface area contributed by atoms with E-state index in [0.717, 1.165) is 12.8 Å². The van der Waals surface area contributed by atoms with Crippen LogP contribution in [0, 0.1) is 12.8 Å². The number of nitrogens with one attached hydrogen (secondary N) is 1. The minimum atomic E-state index is -3.87. The summed E-state index contributed by atoms with van der Waals surface area (Å²) in [6.07, 6.45) is 1.05. The van der Waals surface area contributed by atoms with Crippen LogP contribution in [0.2, 0.25) is 0 Å². The lowest BCUT2D eigenvalue weighted by Gasteiger charge is -2.32. The number of likely N-dealkylation sites (tertiary alicyclic amines) is 1. The molecular weight excluding hydrogens is 382 g/mol. The molecule has 1 aliphatic rings. The number of primary sulfonamides is 1. The number of rotatable bonds is 4. The second-order valence-corrected chi connectivity index (χ2v) is 9.70. The second-order valence-electron chi connectivity index (χ2n) is 8.14. The number of nitrogens with zero attached hydrogens (tertiary/aromatic N) is 1. The summed E-state index contributed by atoms with van der Waals surface area (Å²) < 4.78 is 28.3. The molecule has 1 aliphatic heterocycles. The molecule has 1 aromatic rings. The molecule has 1 fully saturated rings. The molecule has 0 radical (unpaired) electrons. The van der Waals surface area contributed by atoms with Crippen LogP contribution < -0.4 is 10.5 Å². The Labute approximate surface area is 166 Å². The molecule has 2 rings (SSSR count). The lowest BCUT2D eigenvalue weighted by Crippen LogP contribution is -2.42. The highest BCUT2D eigenvalue weighted by atomic mass is 32.2. The van der Waals surface area contributed by atoms with Crippen molar-refractivity contribution in [3.05, 3.63) is 29.3 Å². The van der Waals surface area contributed by atoms with E-state index in [9.17, 15) is 18.0 Å². The second kappa shape index (κ2) is 8.48. The van der Waals surface area contributed by atoms with Gasteiger partial charge in [0.15, 0.2) is 0 Å². The third-order valence-electron chi connectivity index (χ3n) is 4.60. The summed E-state index contributed by atoms with van der Waals surface area (Å²) in [4.78, 5) is 26.2. The van der Waals surface area contributed by atoms with Crippen molar-refractivity contribution in [2.24, 2.45) is 11.1 Å². The van der Waals surface area contributed by atoms with Crippen LogP contribution in [0.3, 0.4) is 0 Å². The highest BCUT2D eigenvalue weighted by molar-refractivity contribution is 7.89. The van der Waals surface area contributed by atoms with Gasteiger partial charge in [0, 0.05) is 25.2 Å². The van der Waals surface area contributed by atoms with E-state index in [4.69, 9.17) is 9.88 Å². The maximum Gasteiger partial charge on any atom is 0.407 e. The number of carbonyl (C=O) groups is 2. The Balaban J connectivity index is 1.93. The maximum atomic E-state index is 12.8. The normalized spacial score (nSPS) is 16.0. The van der Waals surface area contributed by atoms with Crippen LogP contribution in [0.5, 0.6) is 0 Å². The average molecular weight is 412 g/mol. The monoisotopic (exact) mass is 411 g/mol. The summed E-state index contributed by atoms with van der Waals surface area (Å²) in [5.41, 5.74) is 0.506. The highest BCUT2D eigenvalue weighted by Gasteiger charge is 2.26. The van der Waals surface area contributed by atoms with Gasteiger partial charge in [-0.2, -0.15) is 0 Å². The molecule has 0 aromatic heterocycles. The first kappa shape index (κ1) is 22.2. The van der Waals surface area contributed by atoms with Crippen molar-refractivity contribution in [1.29, 1.82) is 0 Å². The van der Waals surface area contributed by atoms with E-state index >= 15 is 0 Å². The SMILES string of the molecule is Cc1ccc(S(N)(=O)=O)cc1C(=O)N1CCC(CNC(=O)OC(C)(C)C)CC1. The molecule has 8 nitrogen and oxygen atoms in total. The van der Waals surface area contributed by atoms with E-state index in [0.29, 0.717) is 30.8 Å². The van der Waals surface area contributed by atoms with Crippen LogP contribution in [-0.2, 0) is 14.8 Å². The predicted molar refractivity (Wildman–Crippen MR) is 105 cm³/mol. The van der Waals surface area contributed by atoms with Gasteiger partial charge in [-0.25, -0.2) is 18.4 Å². The Morgan fingerprint density at radius 3 is 2.39 bits per heavy atom. The van der Waals surface area contributed by atoms with Crippen molar-refractivity contribution in [3.8, 4) is 0 Å². The van der Waals surface area contributed by atoms with Crippen LogP contribution in [0.15, 0.2) is 23.1 Å². The Morgan fingerprint density at radius 1 is 1.25 bits per heavy atom. The number of alkyl carbamates (subject to hydrolysis) is 1. The van der Waals surface area contributed by atoms with E-state index in [1.54, 1.807) is 17.9 Å². The van der Waals surface area contributed by atoms with Crippen LogP contribution in [0.1, 0.15) is 49.5 Å². The van der Waals surface area contributed by atoms with Gasteiger partial charge in [0.05, 0.1) is 4.90 Å². The standard InChI is InChI=1S/C19H29N3O5S/c1-13-5-6-15(28(20,25)26)11-16(13)17(23)22-9-7-14(8-10-22)12-21-18(24)27-19(2,3)4/h5-6,11,14H,7-10,12H2,1-4H3,(H,21,24)(H2,20,25,26). The predicted octanol–water partition coefficient (Wildman–Crippen LogP) is 2.02. The van der Waals surface area contributed by atoms with Crippen molar-refractivity contribution >= 4 is 22.0 Å². The highest BCUT2D eigenvalue weighted by Crippen LogP contribution is 2.22. The fraction of sp³-hybridized carbons (Fsp3) is 0.579. The van der Waals surface area contributed by atoms with E-state index in [1.165, 1.54) is 12.1 Å². The van der Waals surface area contributed by atoms with E-state index < -0.39 is 21.7 Å². The van der Waals surface area contributed by atoms with Crippen molar-refractivity contribution in [2.75, 3.05) is 19.6 Å².